The molecule has 4 heteroatoms. The summed E-state index contributed by atoms with van der Waals surface area (Å²) < 4.78 is 10.9. The zero-order valence-electron chi connectivity index (χ0n) is 13.3. The molecule has 2 aromatic carbocycles. The fourth-order valence-corrected chi connectivity index (χ4v) is 2.42. The lowest BCUT2D eigenvalue weighted by Crippen LogP contribution is -1.97. The molecule has 0 aliphatic carbocycles. The van der Waals surface area contributed by atoms with Crippen LogP contribution in [-0.4, -0.2) is 18.4 Å². The summed E-state index contributed by atoms with van der Waals surface area (Å²) in [5.41, 5.74) is 3.33. The Morgan fingerprint density at radius 2 is 1.88 bits per heavy atom. The Bertz CT molecular complexity index is 831. The van der Waals surface area contributed by atoms with E-state index >= 15 is 0 Å². The maximum atomic E-state index is 11.5. The van der Waals surface area contributed by atoms with Crippen LogP contribution in [-0.2, 0) is 6.61 Å². The highest BCUT2D eigenvalue weighted by Crippen LogP contribution is 2.28. The van der Waals surface area contributed by atoms with E-state index in [0.29, 0.717) is 23.8 Å². The van der Waals surface area contributed by atoms with Crippen LogP contribution < -0.4 is 9.47 Å². The van der Waals surface area contributed by atoms with Crippen LogP contribution in [0.3, 0.4) is 0 Å². The Morgan fingerprint density at radius 3 is 2.62 bits per heavy atom. The molecular formula is C20H17NO3. The first-order valence-electron chi connectivity index (χ1n) is 7.56. The topological polar surface area (TPSA) is 48.4 Å². The molecule has 3 aromatic rings. The SMILES string of the molecule is COc1cc(-c2ccc(OCc3ccccc3)cc2C=O)ccn1. The van der Waals surface area contributed by atoms with Gasteiger partial charge in [-0.05, 0) is 41.0 Å². The van der Waals surface area contributed by atoms with Crippen LogP contribution in [0.4, 0.5) is 0 Å². The van der Waals surface area contributed by atoms with Crippen molar-refractivity contribution in [2.45, 2.75) is 6.61 Å². The highest BCUT2D eigenvalue weighted by Gasteiger charge is 2.08. The Kier molecular flexibility index (Phi) is 4.87. The van der Waals surface area contributed by atoms with Gasteiger partial charge in [0.25, 0.3) is 0 Å². The van der Waals surface area contributed by atoms with E-state index < -0.39 is 0 Å². The first-order chi connectivity index (χ1) is 11.8. The molecule has 1 heterocycles. The molecule has 0 bridgehead atoms. The summed E-state index contributed by atoms with van der Waals surface area (Å²) in [6.07, 6.45) is 2.49. The number of ether oxygens (including phenoxy) is 2. The molecule has 0 atom stereocenters. The molecule has 120 valence electrons. The number of aromatic nitrogens is 1. The number of benzene rings is 2. The molecule has 0 N–H and O–H groups in total. The molecule has 24 heavy (non-hydrogen) atoms. The molecule has 1 aromatic heterocycles. The van der Waals surface area contributed by atoms with Crippen molar-refractivity contribution in [3.8, 4) is 22.8 Å². The quantitative estimate of drug-likeness (QED) is 0.640. The minimum atomic E-state index is 0.460. The maximum Gasteiger partial charge on any atom is 0.213 e. The molecule has 0 amide bonds. The molecule has 0 saturated carbocycles. The zero-order chi connectivity index (χ0) is 16.8. The van der Waals surface area contributed by atoms with Crippen molar-refractivity contribution < 1.29 is 14.3 Å². The van der Waals surface area contributed by atoms with Crippen molar-refractivity contribution in [3.05, 3.63) is 78.0 Å². The first-order valence-corrected chi connectivity index (χ1v) is 7.56. The van der Waals surface area contributed by atoms with Gasteiger partial charge in [0.1, 0.15) is 12.4 Å². The van der Waals surface area contributed by atoms with Gasteiger partial charge in [-0.3, -0.25) is 4.79 Å². The minimum Gasteiger partial charge on any atom is -0.489 e. The third-order valence-electron chi connectivity index (χ3n) is 3.65. The second-order valence-corrected chi connectivity index (χ2v) is 5.23. The number of nitrogens with zero attached hydrogens (tertiary/aromatic N) is 1. The third kappa shape index (κ3) is 3.60. The lowest BCUT2D eigenvalue weighted by atomic mass is 10.0. The standard InChI is InChI=1S/C20H17NO3/c1-23-20-12-16(9-10-21-20)19-8-7-18(11-17(19)13-22)24-14-15-5-3-2-4-6-15/h2-13H,14H2,1H3. The van der Waals surface area contributed by atoms with Gasteiger partial charge >= 0.3 is 0 Å². The highest BCUT2D eigenvalue weighted by molar-refractivity contribution is 5.88. The van der Waals surface area contributed by atoms with Crippen LogP contribution in [0.15, 0.2) is 66.9 Å². The van der Waals surface area contributed by atoms with E-state index in [1.165, 1.54) is 0 Å². The van der Waals surface area contributed by atoms with Crippen LogP contribution in [0.5, 0.6) is 11.6 Å². The predicted octanol–water partition coefficient (Wildman–Crippen LogP) is 4.15. The smallest absolute Gasteiger partial charge is 0.213 e. The Morgan fingerprint density at radius 1 is 1.04 bits per heavy atom. The molecule has 0 unspecified atom stereocenters. The van der Waals surface area contributed by atoms with E-state index in [9.17, 15) is 4.79 Å². The van der Waals surface area contributed by atoms with E-state index in [1.54, 1.807) is 25.4 Å². The molecule has 0 radical (unpaired) electrons. The van der Waals surface area contributed by atoms with Crippen LogP contribution in [0.25, 0.3) is 11.1 Å². The van der Waals surface area contributed by atoms with Gasteiger partial charge in [-0.15, -0.1) is 0 Å². The fraction of sp³-hybridized carbons (Fsp3) is 0.100. The fourth-order valence-electron chi connectivity index (χ4n) is 2.42. The van der Waals surface area contributed by atoms with E-state index in [-0.39, 0.29) is 0 Å². The Hall–Kier alpha value is -3.14. The molecule has 0 aliphatic rings. The van der Waals surface area contributed by atoms with E-state index in [4.69, 9.17) is 9.47 Å². The number of carbonyl (C=O) groups excluding carboxylic acids is 1. The second-order valence-electron chi connectivity index (χ2n) is 5.23. The zero-order valence-corrected chi connectivity index (χ0v) is 13.3. The maximum absolute atomic E-state index is 11.5. The molecule has 3 rings (SSSR count). The third-order valence-corrected chi connectivity index (χ3v) is 3.65. The van der Waals surface area contributed by atoms with Crippen LogP contribution in [0, 0.1) is 0 Å². The monoisotopic (exact) mass is 319 g/mol. The average Bonchev–Trinajstić information content (AvgIpc) is 2.67. The van der Waals surface area contributed by atoms with Crippen LogP contribution in [0.1, 0.15) is 15.9 Å². The number of hydrogen-bond donors (Lipinski definition) is 0. The summed E-state index contributed by atoms with van der Waals surface area (Å²) in [5, 5.41) is 0. The van der Waals surface area contributed by atoms with Gasteiger partial charge in [0.05, 0.1) is 7.11 Å². The van der Waals surface area contributed by atoms with Gasteiger partial charge in [-0.1, -0.05) is 30.3 Å². The lowest BCUT2D eigenvalue weighted by Gasteiger charge is -2.10. The second kappa shape index (κ2) is 7.42. The lowest BCUT2D eigenvalue weighted by molar-refractivity contribution is 0.112. The number of hydrogen-bond acceptors (Lipinski definition) is 4. The van der Waals surface area contributed by atoms with Crippen LogP contribution >= 0.6 is 0 Å². The van der Waals surface area contributed by atoms with Crippen LogP contribution in [0.2, 0.25) is 0 Å². The Balaban J connectivity index is 1.83. The normalized spacial score (nSPS) is 10.2. The summed E-state index contributed by atoms with van der Waals surface area (Å²) in [7, 11) is 1.56. The van der Waals surface area contributed by atoms with Crippen molar-refractivity contribution in [1.29, 1.82) is 0 Å². The van der Waals surface area contributed by atoms with Gasteiger partial charge < -0.3 is 9.47 Å². The van der Waals surface area contributed by atoms with Gasteiger partial charge in [0.2, 0.25) is 5.88 Å². The summed E-state index contributed by atoms with van der Waals surface area (Å²) in [4.78, 5) is 15.6. The van der Waals surface area contributed by atoms with Gasteiger partial charge in [0, 0.05) is 17.8 Å². The molecule has 0 aliphatic heterocycles. The minimum absolute atomic E-state index is 0.460. The van der Waals surface area contributed by atoms with Crippen molar-refractivity contribution in [3.63, 3.8) is 0 Å². The predicted molar refractivity (Wildman–Crippen MR) is 92.4 cm³/mol. The van der Waals surface area contributed by atoms with E-state index in [2.05, 4.69) is 4.98 Å². The van der Waals surface area contributed by atoms with Gasteiger partial charge in [-0.2, -0.15) is 0 Å². The summed E-state index contributed by atoms with van der Waals surface area (Å²) in [5.74, 6) is 1.17. The Labute approximate surface area is 140 Å². The van der Waals surface area contributed by atoms with Crippen molar-refractivity contribution in [2.75, 3.05) is 7.11 Å². The molecule has 0 saturated heterocycles. The van der Waals surface area contributed by atoms with E-state index in [0.717, 1.165) is 23.0 Å². The van der Waals surface area contributed by atoms with E-state index in [1.807, 2.05) is 48.5 Å². The van der Waals surface area contributed by atoms with Crippen molar-refractivity contribution in [1.82, 2.24) is 4.98 Å². The number of rotatable bonds is 6. The van der Waals surface area contributed by atoms with Gasteiger partial charge in [0.15, 0.2) is 6.29 Å². The first kappa shape index (κ1) is 15.7. The molecule has 0 spiro atoms. The molecular weight excluding hydrogens is 302 g/mol. The number of methoxy groups -OCH3 is 1. The number of carbonyl (C=O) groups is 1. The summed E-state index contributed by atoms with van der Waals surface area (Å²) >= 11 is 0. The molecule has 4 nitrogen and oxygen atoms in total. The molecule has 0 fully saturated rings. The highest BCUT2D eigenvalue weighted by atomic mass is 16.5. The largest absolute Gasteiger partial charge is 0.489 e. The van der Waals surface area contributed by atoms with Gasteiger partial charge in [-0.25, -0.2) is 4.98 Å². The number of aldehydes is 1. The summed E-state index contributed by atoms with van der Waals surface area (Å²) in [6, 6.07) is 19.0. The summed E-state index contributed by atoms with van der Waals surface area (Å²) in [6.45, 7) is 0.460. The van der Waals surface area contributed by atoms with Crippen molar-refractivity contribution in [2.24, 2.45) is 0 Å². The average molecular weight is 319 g/mol. The van der Waals surface area contributed by atoms with Crippen molar-refractivity contribution >= 4 is 6.29 Å². The number of pyridine rings is 1.